The van der Waals surface area contributed by atoms with E-state index in [0.717, 1.165) is 12.1 Å². The third-order valence-electron chi connectivity index (χ3n) is 3.15. The van der Waals surface area contributed by atoms with Crippen LogP contribution >= 0.6 is 0 Å². The Balaban J connectivity index is 2.91. The number of alkyl halides is 6. The van der Waals surface area contributed by atoms with E-state index in [2.05, 4.69) is 0 Å². The summed E-state index contributed by atoms with van der Waals surface area (Å²) in [4.78, 5) is 12.3. The van der Waals surface area contributed by atoms with Gasteiger partial charge in [-0.2, -0.15) is 26.3 Å². The van der Waals surface area contributed by atoms with Gasteiger partial charge in [-0.1, -0.05) is 6.07 Å². The van der Waals surface area contributed by atoms with Gasteiger partial charge in [0.25, 0.3) is 10.0 Å². The minimum absolute atomic E-state index is 0.110. The topological polar surface area (TPSA) is 96.5 Å². The summed E-state index contributed by atoms with van der Waals surface area (Å²) in [6.45, 7) is -0.302. The van der Waals surface area contributed by atoms with Crippen molar-refractivity contribution in [3.05, 3.63) is 24.3 Å². The van der Waals surface area contributed by atoms with Crippen LogP contribution in [0.25, 0.3) is 0 Å². The average molecular weight is 409 g/mol. The van der Waals surface area contributed by atoms with Crippen molar-refractivity contribution in [3.8, 4) is 5.75 Å². The van der Waals surface area contributed by atoms with Crippen LogP contribution in [0.5, 0.6) is 5.75 Å². The molecule has 1 rings (SSSR count). The van der Waals surface area contributed by atoms with Gasteiger partial charge < -0.3 is 10.1 Å². The second kappa shape index (κ2) is 7.19. The molecule has 26 heavy (non-hydrogen) atoms. The number of ether oxygens (including phenoxy) is 1. The number of carbonyl (C=O) groups is 1. The van der Waals surface area contributed by atoms with E-state index in [1.165, 1.54) is 29.5 Å². The molecule has 148 valence electrons. The van der Waals surface area contributed by atoms with E-state index in [0.29, 0.717) is 5.32 Å². The van der Waals surface area contributed by atoms with E-state index in [1.807, 2.05) is 0 Å². The predicted octanol–water partition coefficient (Wildman–Crippen LogP) is 2.07. The van der Waals surface area contributed by atoms with E-state index in [4.69, 9.17) is 4.74 Å². The van der Waals surface area contributed by atoms with Crippen molar-refractivity contribution in [2.24, 2.45) is 0 Å². The molecular formula is C12H13F6N3O4S. The number of nitrogens with one attached hydrogen (secondary N) is 3. The first-order valence-corrected chi connectivity index (χ1v) is 8.00. The molecule has 0 saturated carbocycles. The monoisotopic (exact) mass is 409 g/mol. The summed E-state index contributed by atoms with van der Waals surface area (Å²) in [6.07, 6.45) is -11.8. The second-order valence-corrected chi connectivity index (χ2v) is 6.67. The van der Waals surface area contributed by atoms with Gasteiger partial charge in [0.2, 0.25) is 5.54 Å². The molecule has 3 N–H and O–H groups in total. The Kier molecular flexibility index (Phi) is 6.03. The van der Waals surface area contributed by atoms with Crippen LogP contribution in [-0.2, 0) is 10.0 Å². The maximum Gasteiger partial charge on any atom is 0.420 e. The fourth-order valence-electron chi connectivity index (χ4n) is 1.50. The maximum atomic E-state index is 12.7. The quantitative estimate of drug-likeness (QED) is 0.513. The van der Waals surface area contributed by atoms with Gasteiger partial charge in [-0.3, -0.25) is 5.43 Å². The Bertz CT molecular complexity index is 749. The molecule has 0 atom stereocenters. The lowest BCUT2D eigenvalue weighted by molar-refractivity contribution is -0.297. The molecule has 0 heterocycles. The molecule has 0 fully saturated rings. The van der Waals surface area contributed by atoms with Gasteiger partial charge in [0.1, 0.15) is 5.75 Å². The van der Waals surface area contributed by atoms with Gasteiger partial charge in [0.05, 0.1) is 12.0 Å². The molecular weight excluding hydrogens is 396 g/mol. The normalized spacial score (nSPS) is 13.2. The van der Waals surface area contributed by atoms with Crippen molar-refractivity contribution in [2.75, 3.05) is 7.11 Å². The SMILES string of the molecule is COc1cccc(S(=O)(=O)NNC(=O)NC(C)(C(F)(F)F)C(F)(F)F)c1. The number of carbonyl (C=O) groups excluding carboxylic acids is 1. The lowest BCUT2D eigenvalue weighted by atomic mass is 10.0. The van der Waals surface area contributed by atoms with Gasteiger partial charge in [-0.05, 0) is 19.1 Å². The van der Waals surface area contributed by atoms with E-state index in [1.54, 1.807) is 0 Å². The molecule has 14 heteroatoms. The van der Waals surface area contributed by atoms with Crippen LogP contribution < -0.4 is 20.3 Å². The average Bonchev–Trinajstić information content (AvgIpc) is 2.51. The number of hydrogen-bond donors (Lipinski definition) is 3. The van der Waals surface area contributed by atoms with Crippen LogP contribution in [0, 0.1) is 0 Å². The lowest BCUT2D eigenvalue weighted by Crippen LogP contribution is -2.67. The summed E-state index contributed by atoms with van der Waals surface area (Å²) in [5.74, 6) is 0.110. The molecule has 0 aliphatic rings. The van der Waals surface area contributed by atoms with Gasteiger partial charge in [0, 0.05) is 6.07 Å². The Morgan fingerprint density at radius 1 is 1.08 bits per heavy atom. The van der Waals surface area contributed by atoms with Crippen LogP contribution in [0.3, 0.4) is 0 Å². The van der Waals surface area contributed by atoms with E-state index in [-0.39, 0.29) is 12.7 Å². The molecule has 0 aliphatic carbocycles. The summed E-state index contributed by atoms with van der Waals surface area (Å²) in [5.41, 5.74) is -3.36. The summed E-state index contributed by atoms with van der Waals surface area (Å²) in [7, 11) is -3.24. The van der Waals surface area contributed by atoms with Gasteiger partial charge in [0.15, 0.2) is 0 Å². The third-order valence-corrected chi connectivity index (χ3v) is 4.39. The number of hydrazine groups is 1. The number of amides is 2. The van der Waals surface area contributed by atoms with E-state index >= 15 is 0 Å². The molecule has 0 unspecified atom stereocenters. The molecule has 1 aromatic rings. The Hall–Kier alpha value is -2.22. The van der Waals surface area contributed by atoms with Crippen molar-refractivity contribution in [3.63, 3.8) is 0 Å². The molecule has 0 radical (unpaired) electrons. The third kappa shape index (κ3) is 4.69. The Morgan fingerprint density at radius 2 is 1.62 bits per heavy atom. The smallest absolute Gasteiger partial charge is 0.420 e. The van der Waals surface area contributed by atoms with E-state index < -0.39 is 38.8 Å². The zero-order chi connectivity index (χ0) is 20.4. The highest BCUT2D eigenvalue weighted by atomic mass is 32.2. The van der Waals surface area contributed by atoms with Crippen molar-refractivity contribution in [2.45, 2.75) is 29.7 Å². The minimum Gasteiger partial charge on any atom is -0.497 e. The number of urea groups is 1. The van der Waals surface area contributed by atoms with Gasteiger partial charge >= 0.3 is 18.4 Å². The summed E-state index contributed by atoms with van der Waals surface area (Å²) in [5, 5.41) is 0.668. The largest absolute Gasteiger partial charge is 0.497 e. The number of methoxy groups -OCH3 is 1. The van der Waals surface area contributed by atoms with Crippen LogP contribution in [0.2, 0.25) is 0 Å². The van der Waals surface area contributed by atoms with Crippen LogP contribution in [-0.4, -0.2) is 39.5 Å². The molecule has 0 aromatic heterocycles. The van der Waals surface area contributed by atoms with Crippen molar-refractivity contribution in [1.29, 1.82) is 0 Å². The first-order chi connectivity index (χ1) is 11.6. The number of hydrogen-bond acceptors (Lipinski definition) is 4. The Morgan fingerprint density at radius 3 is 2.08 bits per heavy atom. The highest BCUT2D eigenvalue weighted by Gasteiger charge is 2.68. The zero-order valence-corrected chi connectivity index (χ0v) is 13.9. The summed E-state index contributed by atoms with van der Waals surface area (Å²) in [6, 6.07) is 2.65. The second-order valence-electron chi connectivity index (χ2n) is 4.98. The van der Waals surface area contributed by atoms with Crippen LogP contribution in [0.1, 0.15) is 6.92 Å². The molecule has 7 nitrogen and oxygen atoms in total. The lowest BCUT2D eigenvalue weighted by Gasteiger charge is -2.34. The molecule has 0 saturated heterocycles. The molecule has 0 aliphatic heterocycles. The van der Waals surface area contributed by atoms with Crippen LogP contribution in [0.15, 0.2) is 29.2 Å². The Labute approximate surface area is 143 Å². The van der Waals surface area contributed by atoms with Gasteiger partial charge in [-0.15, -0.1) is 4.83 Å². The van der Waals surface area contributed by atoms with Crippen molar-refractivity contribution in [1.82, 2.24) is 15.6 Å². The predicted molar refractivity (Wildman–Crippen MR) is 75.5 cm³/mol. The number of benzene rings is 1. The highest BCUT2D eigenvalue weighted by Crippen LogP contribution is 2.42. The minimum atomic E-state index is -5.88. The fraction of sp³-hybridized carbons (Fsp3) is 0.417. The van der Waals surface area contributed by atoms with Crippen LogP contribution in [0.4, 0.5) is 31.1 Å². The highest BCUT2D eigenvalue weighted by molar-refractivity contribution is 7.89. The molecule has 0 spiro atoms. The van der Waals surface area contributed by atoms with E-state index in [9.17, 15) is 39.6 Å². The molecule has 2 amide bonds. The number of sulfonamides is 1. The molecule has 1 aromatic carbocycles. The number of rotatable bonds is 5. The van der Waals surface area contributed by atoms with Gasteiger partial charge in [-0.25, -0.2) is 13.2 Å². The number of halogens is 6. The summed E-state index contributed by atoms with van der Waals surface area (Å²) < 4.78 is 105. The molecule has 0 bridgehead atoms. The zero-order valence-electron chi connectivity index (χ0n) is 13.1. The van der Waals surface area contributed by atoms with Crippen molar-refractivity contribution < 1.29 is 44.3 Å². The maximum absolute atomic E-state index is 12.7. The standard InChI is InChI=1S/C12H13F6N3O4S/c1-10(11(13,14)15,12(16,17)18)19-9(22)20-21-26(23,24)8-5-3-4-7(6-8)25-2/h3-6,21H,1-2H3,(H2,19,20,22). The fourth-order valence-corrected chi connectivity index (χ4v) is 2.38. The first-order valence-electron chi connectivity index (χ1n) is 6.51. The first kappa shape index (κ1) is 21.8. The summed E-state index contributed by atoms with van der Waals surface area (Å²) >= 11 is 0. The van der Waals surface area contributed by atoms with Crippen molar-refractivity contribution >= 4 is 16.1 Å².